The van der Waals surface area contributed by atoms with Crippen LogP contribution in [0.2, 0.25) is 0 Å². The van der Waals surface area contributed by atoms with Gasteiger partial charge in [0.05, 0.1) is 29.8 Å². The number of hydrogen-bond acceptors (Lipinski definition) is 9. The molecule has 208 valence electrons. The van der Waals surface area contributed by atoms with E-state index >= 15 is 0 Å². The van der Waals surface area contributed by atoms with Gasteiger partial charge in [0.25, 0.3) is 0 Å². The molecule has 3 atom stereocenters. The van der Waals surface area contributed by atoms with Gasteiger partial charge in [0.1, 0.15) is 18.1 Å². The zero-order valence-corrected chi connectivity index (χ0v) is 22.8. The van der Waals surface area contributed by atoms with Crippen LogP contribution >= 0.6 is 0 Å². The first-order chi connectivity index (χ1) is 19.4. The molecule has 12 heteroatoms. The number of carbonyl (C=O) groups is 2. The summed E-state index contributed by atoms with van der Waals surface area (Å²) in [7, 11) is 3.44. The molecular formula is C28H32N8O4. The fraction of sp³-hybridized carbons (Fsp3) is 0.429. The van der Waals surface area contributed by atoms with Crippen LogP contribution in [-0.2, 0) is 16.5 Å². The molecule has 4 aromatic heterocycles. The Balaban J connectivity index is 1.34. The minimum atomic E-state index is -0.308. The number of aromatic nitrogens is 6. The number of pyridine rings is 1. The highest BCUT2D eigenvalue weighted by molar-refractivity contribution is 6.00. The molecule has 1 unspecified atom stereocenters. The Bertz CT molecular complexity index is 1560. The smallest absolute Gasteiger partial charge is 0.410 e. The van der Waals surface area contributed by atoms with E-state index in [0.717, 1.165) is 35.4 Å². The van der Waals surface area contributed by atoms with Crippen molar-refractivity contribution in [2.45, 2.75) is 50.6 Å². The summed E-state index contributed by atoms with van der Waals surface area (Å²) >= 11 is 0. The molecule has 1 amide bonds. The summed E-state index contributed by atoms with van der Waals surface area (Å²) in [5.74, 6) is 0.0822. The maximum Gasteiger partial charge on any atom is 0.410 e. The van der Waals surface area contributed by atoms with Crippen LogP contribution < -0.4 is 5.73 Å². The second kappa shape index (κ2) is 10.3. The number of carbonyl (C=O) groups excluding carboxylic acids is 2. The molecule has 2 bridgehead atoms. The Labute approximate surface area is 231 Å². The van der Waals surface area contributed by atoms with Gasteiger partial charge < -0.3 is 20.1 Å². The van der Waals surface area contributed by atoms with E-state index < -0.39 is 0 Å². The summed E-state index contributed by atoms with van der Waals surface area (Å²) in [6, 6.07) is 5.82. The molecule has 12 nitrogen and oxygen atoms in total. The molecule has 6 rings (SSSR count). The van der Waals surface area contributed by atoms with Crippen molar-refractivity contribution in [2.24, 2.45) is 7.05 Å². The maximum absolute atomic E-state index is 12.8. The summed E-state index contributed by atoms with van der Waals surface area (Å²) in [5, 5.41) is 8.89. The molecule has 2 fully saturated rings. The van der Waals surface area contributed by atoms with E-state index in [4.69, 9.17) is 20.2 Å². The summed E-state index contributed by atoms with van der Waals surface area (Å²) in [4.78, 5) is 37.1. The van der Waals surface area contributed by atoms with Crippen LogP contribution in [0.5, 0.6) is 0 Å². The quantitative estimate of drug-likeness (QED) is 0.273. The van der Waals surface area contributed by atoms with Crippen molar-refractivity contribution in [3.8, 4) is 22.5 Å². The maximum atomic E-state index is 12.8. The summed E-state index contributed by atoms with van der Waals surface area (Å²) in [6.07, 6.45) is 8.18. The first-order valence-corrected chi connectivity index (χ1v) is 13.4. The summed E-state index contributed by atoms with van der Waals surface area (Å²) < 4.78 is 13.7. The van der Waals surface area contributed by atoms with Crippen molar-refractivity contribution >= 4 is 23.3 Å². The van der Waals surface area contributed by atoms with Gasteiger partial charge in [-0.2, -0.15) is 14.7 Å². The number of ether oxygens (including phenoxy) is 2. The number of rotatable bonds is 7. The number of aryl methyl sites for hydroxylation is 1. The average Bonchev–Trinajstić information content (AvgIpc) is 3.64. The van der Waals surface area contributed by atoms with Crippen molar-refractivity contribution in [3.63, 3.8) is 0 Å². The highest BCUT2D eigenvalue weighted by atomic mass is 16.6. The van der Waals surface area contributed by atoms with E-state index in [0.29, 0.717) is 36.4 Å². The van der Waals surface area contributed by atoms with E-state index in [9.17, 15) is 9.59 Å². The van der Waals surface area contributed by atoms with Gasteiger partial charge in [0.15, 0.2) is 11.4 Å². The van der Waals surface area contributed by atoms with E-state index in [1.807, 2.05) is 36.3 Å². The molecule has 0 aliphatic carbocycles. The molecule has 0 radical (unpaired) electrons. The van der Waals surface area contributed by atoms with E-state index in [2.05, 4.69) is 15.2 Å². The van der Waals surface area contributed by atoms with Crippen LogP contribution in [0.25, 0.3) is 28.2 Å². The molecule has 2 N–H and O–H groups in total. The van der Waals surface area contributed by atoms with E-state index in [-0.39, 0.29) is 42.3 Å². The predicted octanol–water partition coefficient (Wildman–Crippen LogP) is 3.47. The number of methoxy groups -OCH3 is 1. The van der Waals surface area contributed by atoms with Gasteiger partial charge in [-0.1, -0.05) is 6.07 Å². The lowest BCUT2D eigenvalue weighted by atomic mass is 9.85. The van der Waals surface area contributed by atoms with E-state index in [1.165, 1.54) is 11.4 Å². The third-order valence-corrected chi connectivity index (χ3v) is 7.96. The highest BCUT2D eigenvalue weighted by Crippen LogP contribution is 2.44. The Kier molecular flexibility index (Phi) is 6.70. The van der Waals surface area contributed by atoms with Crippen LogP contribution in [0.4, 0.5) is 10.6 Å². The minimum absolute atomic E-state index is 0.0191. The van der Waals surface area contributed by atoms with Crippen LogP contribution in [-0.4, -0.2) is 78.5 Å². The number of nitrogens with two attached hydrogens (primary N) is 1. The number of hydrogen-bond donors (Lipinski definition) is 1. The number of nitrogen functional groups attached to an aromatic ring is 1. The number of ketones is 1. The first kappa shape index (κ1) is 25.9. The Hall–Kier alpha value is -4.32. The number of amides is 1. The molecular weight excluding hydrogens is 512 g/mol. The number of anilines is 1. The Morgan fingerprint density at radius 2 is 1.85 bits per heavy atom. The normalized spacial score (nSPS) is 20.3. The lowest BCUT2D eigenvalue weighted by Crippen LogP contribution is -2.46. The zero-order chi connectivity index (χ0) is 28.0. The van der Waals surface area contributed by atoms with E-state index in [1.54, 1.807) is 24.2 Å². The van der Waals surface area contributed by atoms with Gasteiger partial charge in [-0.15, -0.1) is 0 Å². The molecule has 2 aliphatic heterocycles. The fourth-order valence-electron chi connectivity index (χ4n) is 6.13. The van der Waals surface area contributed by atoms with Gasteiger partial charge in [-0.05, 0) is 44.7 Å². The number of fused-ring (bicyclic) bond motifs is 3. The average molecular weight is 545 g/mol. The van der Waals surface area contributed by atoms with Crippen molar-refractivity contribution in [2.75, 3.05) is 26.1 Å². The molecule has 0 aromatic carbocycles. The Morgan fingerprint density at radius 1 is 1.07 bits per heavy atom. The van der Waals surface area contributed by atoms with Crippen LogP contribution in [0.1, 0.15) is 54.6 Å². The molecule has 2 saturated heterocycles. The third kappa shape index (κ3) is 4.47. The molecule has 0 saturated carbocycles. The summed E-state index contributed by atoms with van der Waals surface area (Å²) in [5.41, 5.74) is 11.3. The van der Waals surface area contributed by atoms with Gasteiger partial charge in [-0.25, -0.2) is 9.78 Å². The van der Waals surface area contributed by atoms with Crippen molar-refractivity contribution in [3.05, 3.63) is 48.0 Å². The largest absolute Gasteiger partial charge is 0.447 e. The van der Waals surface area contributed by atoms with Crippen molar-refractivity contribution < 1.29 is 19.1 Å². The van der Waals surface area contributed by atoms with Gasteiger partial charge in [0.2, 0.25) is 0 Å². The van der Waals surface area contributed by atoms with Crippen LogP contribution in [0.3, 0.4) is 0 Å². The van der Waals surface area contributed by atoms with Gasteiger partial charge in [-0.3, -0.25) is 14.5 Å². The number of nitrogens with zero attached hydrogens (tertiary/aromatic N) is 7. The van der Waals surface area contributed by atoms with Crippen LogP contribution in [0, 0.1) is 0 Å². The van der Waals surface area contributed by atoms with Gasteiger partial charge >= 0.3 is 6.09 Å². The second-order valence-corrected chi connectivity index (χ2v) is 10.5. The second-order valence-electron chi connectivity index (χ2n) is 10.5. The van der Waals surface area contributed by atoms with Crippen molar-refractivity contribution in [1.82, 2.24) is 34.3 Å². The van der Waals surface area contributed by atoms with Gasteiger partial charge in [0, 0.05) is 55.7 Å². The first-order valence-electron chi connectivity index (χ1n) is 13.4. The van der Waals surface area contributed by atoms with Crippen LogP contribution in [0.15, 0.2) is 36.8 Å². The minimum Gasteiger partial charge on any atom is -0.447 e. The number of piperidine rings is 1. The molecule has 4 aromatic rings. The lowest BCUT2D eigenvalue weighted by molar-refractivity contribution is 0.0467. The third-order valence-electron chi connectivity index (χ3n) is 7.96. The topological polar surface area (TPSA) is 143 Å². The molecule has 6 heterocycles. The number of Topliss-reactive ketones (excluding diaryl/α,β-unsaturated/α-hetero) is 1. The monoisotopic (exact) mass is 544 g/mol. The fourth-order valence-corrected chi connectivity index (χ4v) is 6.13. The SMILES string of the molecule is COCCOC(=O)N1[C@@H]2CC[C@H]1CC(c1nc3c(-c4ccc(-c5ccn(C)n5)nc4)cnn3c(N)c1C(C)=O)C2. The molecule has 0 spiro atoms. The summed E-state index contributed by atoms with van der Waals surface area (Å²) in [6.45, 7) is 2.09. The zero-order valence-electron chi connectivity index (χ0n) is 22.8. The molecule has 2 aliphatic rings. The highest BCUT2D eigenvalue weighted by Gasteiger charge is 2.45. The molecule has 40 heavy (non-hydrogen) atoms. The Morgan fingerprint density at radius 3 is 2.48 bits per heavy atom. The lowest BCUT2D eigenvalue weighted by Gasteiger charge is -2.38. The predicted molar refractivity (Wildman–Crippen MR) is 147 cm³/mol. The standard InChI is InChI=1S/C28H32N8O4/c1-16(37)24-25(18-12-19-5-6-20(13-18)35(19)28(38)40-11-10-39-3)32-27-21(15-31-36(27)26(24)29)17-4-7-22(30-14-17)23-8-9-34(2)33-23/h4,7-9,14-15,18-20H,5-6,10-13,29H2,1-3H3/t18?,19-,20+. The van der Waals surface area contributed by atoms with Crippen molar-refractivity contribution in [1.29, 1.82) is 0 Å².